The van der Waals surface area contributed by atoms with Crippen molar-refractivity contribution in [3.05, 3.63) is 52.6 Å². The van der Waals surface area contributed by atoms with Gasteiger partial charge in [-0.2, -0.15) is 0 Å². The van der Waals surface area contributed by atoms with Crippen molar-refractivity contribution in [1.29, 1.82) is 0 Å². The molecule has 1 aromatic carbocycles. The van der Waals surface area contributed by atoms with Crippen LogP contribution in [0.25, 0.3) is 11.2 Å². The van der Waals surface area contributed by atoms with E-state index in [1.54, 1.807) is 36.5 Å². The summed E-state index contributed by atoms with van der Waals surface area (Å²) < 4.78 is 25.6. The highest BCUT2D eigenvalue weighted by atomic mass is 79.9. The van der Waals surface area contributed by atoms with Crippen LogP contribution in [0.15, 0.2) is 52.2 Å². The second-order valence-electron chi connectivity index (χ2n) is 4.36. The number of hydrogen-bond donors (Lipinski definition) is 1. The van der Waals surface area contributed by atoms with E-state index in [4.69, 9.17) is 0 Å². The maximum atomic E-state index is 12.4. The molecule has 0 fully saturated rings. The summed E-state index contributed by atoms with van der Waals surface area (Å²) in [6.07, 6.45) is 1.70. The van der Waals surface area contributed by atoms with Gasteiger partial charge in [0.25, 0.3) is 0 Å². The number of benzene rings is 1. The number of fused-ring (bicyclic) bond motifs is 1. The Balaban J connectivity index is 1.99. The zero-order chi connectivity index (χ0) is 14.2. The number of aromatic amines is 2. The van der Waals surface area contributed by atoms with Crippen molar-refractivity contribution in [2.75, 3.05) is 0 Å². The van der Waals surface area contributed by atoms with Crippen LogP contribution in [-0.4, -0.2) is 18.4 Å². The molecular formula is C13H11BrN3O2S+. The van der Waals surface area contributed by atoms with Gasteiger partial charge < -0.3 is 4.98 Å². The molecule has 20 heavy (non-hydrogen) atoms. The fourth-order valence-corrected chi connectivity index (χ4v) is 3.63. The average Bonchev–Trinajstić information content (AvgIpc) is 2.82. The van der Waals surface area contributed by atoms with Crippen molar-refractivity contribution in [1.82, 2.24) is 9.97 Å². The number of pyridine rings is 1. The molecule has 0 aliphatic carbocycles. The van der Waals surface area contributed by atoms with Gasteiger partial charge in [-0.25, -0.2) is 13.4 Å². The molecule has 0 atom stereocenters. The molecule has 5 nitrogen and oxygen atoms in total. The van der Waals surface area contributed by atoms with Gasteiger partial charge in [0, 0.05) is 4.47 Å². The van der Waals surface area contributed by atoms with Gasteiger partial charge in [-0.1, -0.05) is 28.1 Å². The molecule has 0 saturated heterocycles. The highest BCUT2D eigenvalue weighted by molar-refractivity contribution is 9.10. The van der Waals surface area contributed by atoms with Gasteiger partial charge >= 0.3 is 10.8 Å². The zero-order valence-corrected chi connectivity index (χ0v) is 12.7. The zero-order valence-electron chi connectivity index (χ0n) is 10.3. The average molecular weight is 353 g/mol. The number of nitrogens with one attached hydrogen (secondary N) is 2. The van der Waals surface area contributed by atoms with Gasteiger partial charge in [-0.15, -0.1) is 0 Å². The van der Waals surface area contributed by atoms with Crippen LogP contribution >= 0.6 is 15.9 Å². The van der Waals surface area contributed by atoms with Crippen LogP contribution in [0.2, 0.25) is 0 Å². The fraction of sp³-hybridized carbons (Fsp3) is 0.0769. The highest BCUT2D eigenvalue weighted by Gasteiger charge is 2.25. The molecule has 0 bridgehead atoms. The Bertz CT molecular complexity index is 841. The van der Waals surface area contributed by atoms with E-state index in [1.807, 2.05) is 6.07 Å². The van der Waals surface area contributed by atoms with Crippen LogP contribution in [-0.2, 0) is 15.6 Å². The SMILES string of the molecule is O=S(=O)(Cc1cccc(Br)c1)c1nc2[nH+]cccc2[nH]1. The van der Waals surface area contributed by atoms with Crippen molar-refractivity contribution in [2.45, 2.75) is 10.9 Å². The molecule has 0 saturated carbocycles. The predicted molar refractivity (Wildman–Crippen MR) is 77.7 cm³/mol. The number of nitrogens with zero attached hydrogens (tertiary/aromatic N) is 1. The first-order valence-electron chi connectivity index (χ1n) is 5.88. The molecule has 102 valence electrons. The van der Waals surface area contributed by atoms with E-state index in [1.165, 1.54) is 0 Å². The maximum Gasteiger partial charge on any atom is 0.348 e. The topological polar surface area (TPSA) is 77.0 Å². The minimum Gasteiger partial charge on any atom is -0.302 e. The Hall–Kier alpha value is -1.73. The summed E-state index contributed by atoms with van der Waals surface area (Å²) in [7, 11) is -3.50. The van der Waals surface area contributed by atoms with E-state index >= 15 is 0 Å². The van der Waals surface area contributed by atoms with Crippen molar-refractivity contribution >= 4 is 36.9 Å². The first-order valence-corrected chi connectivity index (χ1v) is 8.33. The maximum absolute atomic E-state index is 12.4. The van der Waals surface area contributed by atoms with Crippen LogP contribution in [0.5, 0.6) is 0 Å². The summed E-state index contributed by atoms with van der Waals surface area (Å²) in [6.45, 7) is 0. The molecule has 0 spiro atoms. The van der Waals surface area contributed by atoms with Crippen LogP contribution < -0.4 is 4.98 Å². The third-order valence-corrected chi connectivity index (χ3v) is 4.82. The van der Waals surface area contributed by atoms with E-state index < -0.39 is 9.84 Å². The van der Waals surface area contributed by atoms with E-state index in [0.29, 0.717) is 16.7 Å². The first-order chi connectivity index (χ1) is 9.54. The molecule has 0 aliphatic heterocycles. The van der Waals surface area contributed by atoms with Crippen molar-refractivity contribution in [3.63, 3.8) is 0 Å². The third kappa shape index (κ3) is 2.59. The highest BCUT2D eigenvalue weighted by Crippen LogP contribution is 2.18. The Morgan fingerprint density at radius 1 is 1.25 bits per heavy atom. The molecule has 3 rings (SSSR count). The second kappa shape index (κ2) is 4.99. The summed E-state index contributed by atoms with van der Waals surface area (Å²) in [5.41, 5.74) is 1.91. The lowest BCUT2D eigenvalue weighted by molar-refractivity contribution is -0.347. The standard InChI is InChI=1S/C13H10BrN3O2S/c14-10-4-1-3-9(7-10)8-20(18,19)13-16-11-5-2-6-15-12(11)17-13/h1-7H,8H2,(H,15,16,17)/p+1. The third-order valence-electron chi connectivity index (χ3n) is 2.83. The molecule has 3 aromatic rings. The predicted octanol–water partition coefficient (Wildman–Crippen LogP) is 2.11. The number of imidazole rings is 1. The van der Waals surface area contributed by atoms with Crippen LogP contribution in [0.3, 0.4) is 0 Å². The molecule has 0 amide bonds. The van der Waals surface area contributed by atoms with Crippen molar-refractivity contribution in [3.8, 4) is 0 Å². The van der Waals surface area contributed by atoms with Gasteiger partial charge in [-0.3, -0.25) is 0 Å². The Kier molecular flexibility index (Phi) is 3.31. The van der Waals surface area contributed by atoms with Crippen LogP contribution in [0.1, 0.15) is 5.56 Å². The van der Waals surface area contributed by atoms with E-state index in [9.17, 15) is 8.42 Å². The minimum atomic E-state index is -3.50. The Labute approximate surface area is 124 Å². The molecular weight excluding hydrogens is 342 g/mol. The Morgan fingerprint density at radius 2 is 2.10 bits per heavy atom. The van der Waals surface area contributed by atoms with Gasteiger partial charge in [-0.05, 0) is 34.8 Å². The molecule has 7 heteroatoms. The van der Waals surface area contributed by atoms with Gasteiger partial charge in [0.1, 0.15) is 5.52 Å². The number of rotatable bonds is 3. The number of H-pyrrole nitrogens is 2. The van der Waals surface area contributed by atoms with E-state index in [0.717, 1.165) is 4.47 Å². The number of sulfone groups is 1. The van der Waals surface area contributed by atoms with E-state index in [-0.39, 0.29) is 10.9 Å². The molecule has 0 radical (unpaired) electrons. The summed E-state index contributed by atoms with van der Waals surface area (Å²) >= 11 is 3.33. The first kappa shape index (κ1) is 13.3. The molecule has 2 aromatic heterocycles. The van der Waals surface area contributed by atoms with Gasteiger partial charge in [0.15, 0.2) is 0 Å². The quantitative estimate of drug-likeness (QED) is 0.784. The monoisotopic (exact) mass is 352 g/mol. The van der Waals surface area contributed by atoms with Crippen molar-refractivity contribution < 1.29 is 13.4 Å². The fourth-order valence-electron chi connectivity index (χ4n) is 1.93. The number of halogens is 1. The van der Waals surface area contributed by atoms with Crippen LogP contribution in [0.4, 0.5) is 0 Å². The number of aromatic nitrogens is 3. The molecule has 0 aliphatic rings. The normalized spacial score (nSPS) is 11.8. The lowest BCUT2D eigenvalue weighted by atomic mass is 10.2. The molecule has 2 heterocycles. The Morgan fingerprint density at radius 3 is 2.85 bits per heavy atom. The van der Waals surface area contributed by atoms with Crippen LogP contribution in [0, 0.1) is 0 Å². The minimum absolute atomic E-state index is 0.0186. The largest absolute Gasteiger partial charge is 0.348 e. The van der Waals surface area contributed by atoms with Crippen molar-refractivity contribution in [2.24, 2.45) is 0 Å². The second-order valence-corrected chi connectivity index (χ2v) is 7.18. The molecule has 2 N–H and O–H groups in total. The lowest BCUT2D eigenvalue weighted by Gasteiger charge is -2.00. The number of hydrogen-bond acceptors (Lipinski definition) is 3. The smallest absolute Gasteiger partial charge is 0.302 e. The molecule has 0 unspecified atom stereocenters. The lowest BCUT2D eigenvalue weighted by Crippen LogP contribution is -2.07. The summed E-state index contributed by atoms with van der Waals surface area (Å²) in [6, 6.07) is 10.8. The summed E-state index contributed by atoms with van der Waals surface area (Å²) in [4.78, 5) is 9.82. The summed E-state index contributed by atoms with van der Waals surface area (Å²) in [5.74, 6) is -0.0910. The van der Waals surface area contributed by atoms with Gasteiger partial charge in [0.05, 0.1) is 11.9 Å². The van der Waals surface area contributed by atoms with E-state index in [2.05, 4.69) is 30.9 Å². The summed E-state index contributed by atoms with van der Waals surface area (Å²) in [5, 5.41) is -0.0186. The van der Waals surface area contributed by atoms with Gasteiger partial charge in [0.2, 0.25) is 9.84 Å².